The maximum atomic E-state index is 12.7. The molecule has 0 amide bonds. The van der Waals surface area contributed by atoms with Crippen LogP contribution in [0.5, 0.6) is 0 Å². The predicted octanol–water partition coefficient (Wildman–Crippen LogP) is 4.34. The van der Waals surface area contributed by atoms with Gasteiger partial charge in [-0.25, -0.2) is 0 Å². The number of rotatable bonds is 3. The molecular formula is C13H10BrF3O2. The summed E-state index contributed by atoms with van der Waals surface area (Å²) in [6.07, 6.45) is -3.92. The van der Waals surface area contributed by atoms with Crippen LogP contribution in [-0.2, 0) is 12.6 Å². The first kappa shape index (κ1) is 14.1. The fourth-order valence-corrected chi connectivity index (χ4v) is 2.18. The van der Waals surface area contributed by atoms with Gasteiger partial charge in [0.1, 0.15) is 5.76 Å². The van der Waals surface area contributed by atoms with Gasteiger partial charge in [0.15, 0.2) is 0 Å². The van der Waals surface area contributed by atoms with Gasteiger partial charge < -0.3 is 9.52 Å². The molecule has 0 spiro atoms. The second kappa shape index (κ2) is 5.38. The third-order valence-electron chi connectivity index (χ3n) is 2.66. The Hall–Kier alpha value is -1.27. The van der Waals surface area contributed by atoms with Crippen molar-refractivity contribution < 1.29 is 22.7 Å². The third-order valence-corrected chi connectivity index (χ3v) is 3.35. The normalized spacial score (nSPS) is 13.5. The molecule has 6 heteroatoms. The summed E-state index contributed by atoms with van der Waals surface area (Å²) in [6, 6.07) is 6.99. The quantitative estimate of drug-likeness (QED) is 0.905. The van der Waals surface area contributed by atoms with Crippen LogP contribution in [0, 0.1) is 0 Å². The molecule has 0 saturated carbocycles. The molecule has 1 heterocycles. The molecule has 0 fully saturated rings. The second-order valence-corrected chi connectivity index (χ2v) is 4.89. The molecule has 1 aromatic heterocycles. The summed E-state index contributed by atoms with van der Waals surface area (Å²) in [4.78, 5) is 0. The van der Waals surface area contributed by atoms with Crippen LogP contribution in [0.1, 0.15) is 23.0 Å². The summed E-state index contributed by atoms with van der Waals surface area (Å²) in [5, 5.41) is 9.93. The van der Waals surface area contributed by atoms with E-state index in [0.717, 1.165) is 6.07 Å². The van der Waals surface area contributed by atoms with E-state index < -0.39 is 17.8 Å². The van der Waals surface area contributed by atoms with Crippen molar-refractivity contribution in [2.45, 2.75) is 18.7 Å². The van der Waals surface area contributed by atoms with E-state index in [1.807, 2.05) is 0 Å². The summed E-state index contributed by atoms with van der Waals surface area (Å²) >= 11 is 2.86. The minimum absolute atomic E-state index is 0.0473. The van der Waals surface area contributed by atoms with Crippen molar-refractivity contribution in [3.63, 3.8) is 0 Å². The van der Waals surface area contributed by atoms with Crippen molar-refractivity contribution in [2.75, 3.05) is 0 Å². The van der Waals surface area contributed by atoms with Crippen molar-refractivity contribution in [1.29, 1.82) is 0 Å². The molecular weight excluding hydrogens is 325 g/mol. The first-order chi connectivity index (χ1) is 8.88. The van der Waals surface area contributed by atoms with Crippen molar-refractivity contribution in [3.05, 3.63) is 58.0 Å². The molecule has 0 aliphatic carbocycles. The SMILES string of the molecule is OC(Cc1ccco1)c1ccc(Br)c(C(F)(F)F)c1. The monoisotopic (exact) mass is 334 g/mol. The second-order valence-electron chi connectivity index (χ2n) is 4.04. The van der Waals surface area contributed by atoms with E-state index in [4.69, 9.17) is 4.42 Å². The fraction of sp³-hybridized carbons (Fsp3) is 0.231. The van der Waals surface area contributed by atoms with Crippen LogP contribution in [0.25, 0.3) is 0 Å². The molecule has 2 aromatic rings. The molecule has 0 radical (unpaired) electrons. The summed E-state index contributed by atoms with van der Waals surface area (Å²) in [5.41, 5.74) is -0.601. The van der Waals surface area contributed by atoms with E-state index in [9.17, 15) is 18.3 Å². The van der Waals surface area contributed by atoms with E-state index in [1.165, 1.54) is 18.4 Å². The smallest absolute Gasteiger partial charge is 0.417 e. The summed E-state index contributed by atoms with van der Waals surface area (Å²) in [6.45, 7) is 0. The topological polar surface area (TPSA) is 33.4 Å². The highest BCUT2D eigenvalue weighted by molar-refractivity contribution is 9.10. The zero-order chi connectivity index (χ0) is 14.0. The number of aliphatic hydroxyl groups excluding tert-OH is 1. The standard InChI is InChI=1S/C13H10BrF3O2/c14-11-4-3-8(6-10(11)13(15,16)17)12(18)7-9-2-1-5-19-9/h1-6,12,18H,7H2. The Morgan fingerprint density at radius 2 is 2.00 bits per heavy atom. The maximum absolute atomic E-state index is 12.7. The van der Waals surface area contributed by atoms with Crippen LogP contribution in [-0.4, -0.2) is 5.11 Å². The maximum Gasteiger partial charge on any atom is 0.417 e. The van der Waals surface area contributed by atoms with Gasteiger partial charge >= 0.3 is 6.18 Å². The number of hydrogen-bond donors (Lipinski definition) is 1. The van der Waals surface area contributed by atoms with Gasteiger partial charge in [-0.3, -0.25) is 0 Å². The lowest BCUT2D eigenvalue weighted by Crippen LogP contribution is -2.09. The van der Waals surface area contributed by atoms with Crippen molar-refractivity contribution in [3.8, 4) is 0 Å². The van der Waals surface area contributed by atoms with E-state index in [0.29, 0.717) is 5.76 Å². The van der Waals surface area contributed by atoms with Gasteiger partial charge in [0.05, 0.1) is 17.9 Å². The predicted molar refractivity (Wildman–Crippen MR) is 66.5 cm³/mol. The minimum atomic E-state index is -4.46. The van der Waals surface area contributed by atoms with Gasteiger partial charge in [0.25, 0.3) is 0 Å². The summed E-state index contributed by atoms with van der Waals surface area (Å²) in [7, 11) is 0. The molecule has 1 aromatic carbocycles. The molecule has 1 unspecified atom stereocenters. The Labute approximate surface area is 116 Å². The van der Waals surface area contributed by atoms with Gasteiger partial charge in [0, 0.05) is 10.9 Å². The highest BCUT2D eigenvalue weighted by Crippen LogP contribution is 2.36. The number of furan rings is 1. The molecule has 2 nitrogen and oxygen atoms in total. The molecule has 0 aliphatic rings. The van der Waals surface area contributed by atoms with Gasteiger partial charge in [-0.1, -0.05) is 22.0 Å². The van der Waals surface area contributed by atoms with E-state index in [1.54, 1.807) is 12.1 Å². The number of halogens is 4. The van der Waals surface area contributed by atoms with Gasteiger partial charge in [-0.05, 0) is 29.8 Å². The van der Waals surface area contributed by atoms with Crippen LogP contribution >= 0.6 is 15.9 Å². The van der Waals surface area contributed by atoms with Crippen molar-refractivity contribution in [1.82, 2.24) is 0 Å². The van der Waals surface area contributed by atoms with Crippen LogP contribution in [0.15, 0.2) is 45.5 Å². The Bertz CT molecular complexity index is 550. The highest BCUT2D eigenvalue weighted by atomic mass is 79.9. The van der Waals surface area contributed by atoms with Crippen LogP contribution < -0.4 is 0 Å². The Morgan fingerprint density at radius 1 is 1.26 bits per heavy atom. The first-order valence-electron chi connectivity index (χ1n) is 5.45. The number of aliphatic hydroxyl groups is 1. The van der Waals surface area contributed by atoms with Crippen LogP contribution in [0.4, 0.5) is 13.2 Å². The summed E-state index contributed by atoms with van der Waals surface area (Å²) < 4.78 is 43.2. The average Bonchev–Trinajstić information content (AvgIpc) is 2.80. The number of benzene rings is 1. The first-order valence-corrected chi connectivity index (χ1v) is 6.24. The summed E-state index contributed by atoms with van der Waals surface area (Å²) in [5.74, 6) is 0.518. The Balaban J connectivity index is 2.25. The van der Waals surface area contributed by atoms with Gasteiger partial charge in [0.2, 0.25) is 0 Å². The molecule has 0 aliphatic heterocycles. The largest absolute Gasteiger partial charge is 0.469 e. The van der Waals surface area contributed by atoms with Crippen LogP contribution in [0.3, 0.4) is 0 Å². The minimum Gasteiger partial charge on any atom is -0.469 e. The van der Waals surface area contributed by atoms with Crippen LogP contribution in [0.2, 0.25) is 0 Å². The lowest BCUT2D eigenvalue weighted by atomic mass is 10.0. The van der Waals surface area contributed by atoms with Crippen molar-refractivity contribution >= 4 is 15.9 Å². The molecule has 1 atom stereocenters. The van der Waals surface area contributed by atoms with Gasteiger partial charge in [-0.15, -0.1) is 0 Å². The van der Waals surface area contributed by atoms with Crippen molar-refractivity contribution in [2.24, 2.45) is 0 Å². The molecule has 1 N–H and O–H groups in total. The molecule has 0 bridgehead atoms. The fourth-order valence-electron chi connectivity index (χ4n) is 1.70. The molecule has 19 heavy (non-hydrogen) atoms. The zero-order valence-electron chi connectivity index (χ0n) is 9.62. The lowest BCUT2D eigenvalue weighted by Gasteiger charge is -2.14. The molecule has 0 saturated heterocycles. The van der Waals surface area contributed by atoms with E-state index >= 15 is 0 Å². The van der Waals surface area contributed by atoms with Gasteiger partial charge in [-0.2, -0.15) is 13.2 Å². The lowest BCUT2D eigenvalue weighted by molar-refractivity contribution is -0.138. The number of alkyl halides is 3. The zero-order valence-corrected chi connectivity index (χ0v) is 11.2. The Morgan fingerprint density at radius 3 is 2.58 bits per heavy atom. The average molecular weight is 335 g/mol. The number of hydrogen-bond acceptors (Lipinski definition) is 2. The van der Waals surface area contributed by atoms with E-state index in [-0.39, 0.29) is 16.5 Å². The van der Waals surface area contributed by atoms with E-state index in [2.05, 4.69) is 15.9 Å². The Kier molecular flexibility index (Phi) is 4.01. The highest BCUT2D eigenvalue weighted by Gasteiger charge is 2.33. The molecule has 102 valence electrons. The molecule has 2 rings (SSSR count). The third kappa shape index (κ3) is 3.39.